The second-order valence-corrected chi connectivity index (χ2v) is 8.49. The van der Waals surface area contributed by atoms with Crippen molar-refractivity contribution >= 4 is 11.7 Å². The summed E-state index contributed by atoms with van der Waals surface area (Å²) in [6.07, 6.45) is 6.91. The van der Waals surface area contributed by atoms with Crippen LogP contribution in [0.4, 0.5) is 10.5 Å². The Bertz CT molecular complexity index is 768. The molecule has 0 bridgehead atoms. The molecule has 5 heteroatoms. The molecule has 1 aliphatic heterocycles. The Hall–Kier alpha value is -2.37. The largest absolute Gasteiger partial charge is 0.336 e. The van der Waals surface area contributed by atoms with Gasteiger partial charge in [0.1, 0.15) is 0 Å². The maximum Gasteiger partial charge on any atom is 0.319 e. The van der Waals surface area contributed by atoms with E-state index in [1.165, 1.54) is 37.7 Å². The fraction of sp³-hybridized carbons (Fsp3) is 0.480. The third-order valence-electron chi connectivity index (χ3n) is 6.55. The Morgan fingerprint density at radius 3 is 2.17 bits per heavy atom. The maximum atomic E-state index is 12.4. The van der Waals surface area contributed by atoms with Crippen molar-refractivity contribution in [3.8, 4) is 0 Å². The first kappa shape index (κ1) is 20.9. The highest BCUT2D eigenvalue weighted by Crippen LogP contribution is 2.26. The number of nitrogens with one attached hydrogen (secondary N) is 2. The van der Waals surface area contributed by atoms with Gasteiger partial charge in [-0.2, -0.15) is 0 Å². The topological polar surface area (TPSA) is 47.6 Å². The van der Waals surface area contributed by atoms with Crippen molar-refractivity contribution in [2.75, 3.05) is 38.0 Å². The van der Waals surface area contributed by atoms with Gasteiger partial charge in [-0.3, -0.25) is 9.80 Å². The molecular formula is C25H34N4O. The van der Waals surface area contributed by atoms with Crippen LogP contribution in [0.15, 0.2) is 60.7 Å². The monoisotopic (exact) mass is 406 g/mol. The summed E-state index contributed by atoms with van der Waals surface area (Å²) in [5.74, 6) is 0. The summed E-state index contributed by atoms with van der Waals surface area (Å²) >= 11 is 0. The number of amides is 2. The average molecular weight is 407 g/mol. The number of benzene rings is 2. The van der Waals surface area contributed by atoms with E-state index in [0.29, 0.717) is 6.54 Å². The predicted octanol–water partition coefficient (Wildman–Crippen LogP) is 4.50. The molecule has 1 aliphatic carbocycles. The molecule has 2 amide bonds. The molecule has 1 saturated heterocycles. The van der Waals surface area contributed by atoms with E-state index in [2.05, 4.69) is 50.8 Å². The fourth-order valence-electron chi connectivity index (χ4n) is 4.88. The first-order valence-corrected chi connectivity index (χ1v) is 11.4. The summed E-state index contributed by atoms with van der Waals surface area (Å²) in [5, 5.41) is 6.02. The van der Waals surface area contributed by atoms with E-state index in [-0.39, 0.29) is 12.1 Å². The van der Waals surface area contributed by atoms with E-state index in [4.69, 9.17) is 0 Å². The Balaban J connectivity index is 1.35. The number of hydrogen-bond donors (Lipinski definition) is 2. The average Bonchev–Trinajstić information content (AvgIpc) is 2.81. The molecule has 0 aromatic heterocycles. The number of carbonyl (C=O) groups is 1. The molecule has 2 fully saturated rings. The standard InChI is InChI=1S/C25H34N4O/c30-25(27-22-12-6-2-7-13-22)26-20-24(21-10-4-1-5-11-21)29-18-16-28(17-19-29)23-14-8-3-9-15-23/h1-2,4-7,10-13,23-24H,3,8-9,14-20H2,(H2,26,27,30). The number of hydrogen-bond acceptors (Lipinski definition) is 3. The van der Waals surface area contributed by atoms with Gasteiger partial charge in [-0.1, -0.05) is 67.8 Å². The molecule has 1 unspecified atom stereocenters. The number of para-hydroxylation sites is 1. The van der Waals surface area contributed by atoms with Crippen LogP contribution in [0, 0.1) is 0 Å². The van der Waals surface area contributed by atoms with Gasteiger partial charge in [-0.25, -0.2) is 4.79 Å². The van der Waals surface area contributed by atoms with Gasteiger partial charge in [0, 0.05) is 44.5 Å². The van der Waals surface area contributed by atoms with Crippen LogP contribution in [0.3, 0.4) is 0 Å². The molecule has 1 atom stereocenters. The van der Waals surface area contributed by atoms with Crippen LogP contribution in [0.1, 0.15) is 43.7 Å². The van der Waals surface area contributed by atoms with Crippen LogP contribution in [-0.4, -0.2) is 54.6 Å². The summed E-state index contributed by atoms with van der Waals surface area (Å²) in [6.45, 7) is 4.97. The lowest BCUT2D eigenvalue weighted by atomic mass is 9.93. The van der Waals surface area contributed by atoms with Crippen molar-refractivity contribution in [1.29, 1.82) is 0 Å². The molecule has 4 rings (SSSR count). The lowest BCUT2D eigenvalue weighted by Crippen LogP contribution is -2.53. The second-order valence-electron chi connectivity index (χ2n) is 8.49. The molecule has 160 valence electrons. The zero-order valence-electron chi connectivity index (χ0n) is 17.8. The zero-order valence-corrected chi connectivity index (χ0v) is 17.8. The van der Waals surface area contributed by atoms with Gasteiger partial charge < -0.3 is 10.6 Å². The zero-order chi connectivity index (χ0) is 20.6. The molecule has 5 nitrogen and oxygen atoms in total. The van der Waals surface area contributed by atoms with Crippen molar-refractivity contribution in [2.24, 2.45) is 0 Å². The SMILES string of the molecule is O=C(NCC(c1ccccc1)N1CCN(C2CCCCC2)CC1)Nc1ccccc1. The minimum atomic E-state index is -0.150. The van der Waals surface area contributed by atoms with Crippen molar-refractivity contribution in [1.82, 2.24) is 15.1 Å². The normalized spacial score (nSPS) is 19.9. The van der Waals surface area contributed by atoms with E-state index >= 15 is 0 Å². The molecule has 1 saturated carbocycles. The maximum absolute atomic E-state index is 12.4. The molecule has 2 aliphatic rings. The lowest BCUT2D eigenvalue weighted by Gasteiger charge is -2.43. The summed E-state index contributed by atoms with van der Waals surface area (Å²) < 4.78 is 0. The molecule has 2 aromatic carbocycles. The quantitative estimate of drug-likeness (QED) is 0.743. The van der Waals surface area contributed by atoms with E-state index in [0.717, 1.165) is 37.9 Å². The Kier molecular flexibility index (Phi) is 7.38. The van der Waals surface area contributed by atoms with E-state index in [9.17, 15) is 4.79 Å². The highest BCUT2D eigenvalue weighted by molar-refractivity contribution is 5.89. The van der Waals surface area contributed by atoms with Crippen molar-refractivity contribution in [3.05, 3.63) is 66.2 Å². The summed E-state index contributed by atoms with van der Waals surface area (Å²) in [4.78, 5) is 17.7. The first-order valence-electron chi connectivity index (χ1n) is 11.4. The van der Waals surface area contributed by atoms with Crippen LogP contribution in [0.2, 0.25) is 0 Å². The number of urea groups is 1. The molecule has 30 heavy (non-hydrogen) atoms. The number of piperazine rings is 1. The Morgan fingerprint density at radius 1 is 0.867 bits per heavy atom. The van der Waals surface area contributed by atoms with Gasteiger partial charge in [-0.15, -0.1) is 0 Å². The number of rotatable bonds is 6. The Morgan fingerprint density at radius 2 is 1.50 bits per heavy atom. The fourth-order valence-corrected chi connectivity index (χ4v) is 4.88. The number of nitrogens with zero attached hydrogens (tertiary/aromatic N) is 2. The molecule has 2 aromatic rings. The second kappa shape index (κ2) is 10.6. The molecule has 2 N–H and O–H groups in total. The van der Waals surface area contributed by atoms with E-state index in [1.807, 2.05) is 30.3 Å². The van der Waals surface area contributed by atoms with Crippen LogP contribution < -0.4 is 10.6 Å². The molecular weight excluding hydrogens is 372 g/mol. The number of carbonyl (C=O) groups excluding carboxylic acids is 1. The van der Waals surface area contributed by atoms with Crippen molar-refractivity contribution in [2.45, 2.75) is 44.2 Å². The van der Waals surface area contributed by atoms with Crippen molar-refractivity contribution in [3.63, 3.8) is 0 Å². The predicted molar refractivity (Wildman–Crippen MR) is 123 cm³/mol. The summed E-state index contributed by atoms with van der Waals surface area (Å²) in [5.41, 5.74) is 2.08. The van der Waals surface area contributed by atoms with Gasteiger partial charge in [0.15, 0.2) is 0 Å². The minimum absolute atomic E-state index is 0.150. The van der Waals surface area contributed by atoms with Crippen LogP contribution in [0.25, 0.3) is 0 Å². The van der Waals surface area contributed by atoms with Gasteiger partial charge in [0.25, 0.3) is 0 Å². The van der Waals surface area contributed by atoms with E-state index in [1.54, 1.807) is 0 Å². The van der Waals surface area contributed by atoms with Gasteiger partial charge in [0.2, 0.25) is 0 Å². The number of anilines is 1. The van der Waals surface area contributed by atoms with Crippen molar-refractivity contribution < 1.29 is 4.79 Å². The highest BCUT2D eigenvalue weighted by atomic mass is 16.2. The van der Waals surface area contributed by atoms with Crippen LogP contribution in [0.5, 0.6) is 0 Å². The first-order chi connectivity index (χ1) is 14.8. The van der Waals surface area contributed by atoms with Gasteiger partial charge in [-0.05, 0) is 30.5 Å². The Labute approximate surface area is 180 Å². The van der Waals surface area contributed by atoms with Gasteiger partial charge in [0.05, 0.1) is 6.04 Å². The van der Waals surface area contributed by atoms with Crippen LogP contribution in [-0.2, 0) is 0 Å². The third-order valence-corrected chi connectivity index (χ3v) is 6.55. The molecule has 0 spiro atoms. The molecule has 1 heterocycles. The summed E-state index contributed by atoms with van der Waals surface area (Å²) in [7, 11) is 0. The van der Waals surface area contributed by atoms with E-state index < -0.39 is 0 Å². The third kappa shape index (κ3) is 5.61. The minimum Gasteiger partial charge on any atom is -0.336 e. The van der Waals surface area contributed by atoms with Crippen LogP contribution >= 0.6 is 0 Å². The summed E-state index contributed by atoms with van der Waals surface area (Å²) in [6, 6.07) is 21.0. The molecule has 0 radical (unpaired) electrons. The highest BCUT2D eigenvalue weighted by Gasteiger charge is 2.29. The lowest BCUT2D eigenvalue weighted by molar-refractivity contribution is 0.0565. The smallest absolute Gasteiger partial charge is 0.319 e. The van der Waals surface area contributed by atoms with Gasteiger partial charge >= 0.3 is 6.03 Å².